The van der Waals surface area contributed by atoms with Gasteiger partial charge in [0, 0.05) is 24.7 Å². The quantitative estimate of drug-likeness (QED) is 0.704. The van der Waals surface area contributed by atoms with Gasteiger partial charge in [0.1, 0.15) is 10.7 Å². The van der Waals surface area contributed by atoms with Crippen LogP contribution in [0.1, 0.15) is 5.56 Å². The molecule has 0 aromatic heterocycles. The number of nitrogens with zero attached hydrogens (tertiary/aromatic N) is 2. The first kappa shape index (κ1) is 21.9. The van der Waals surface area contributed by atoms with Crippen molar-refractivity contribution < 1.29 is 12.8 Å². The molecule has 0 aliphatic rings. The lowest BCUT2D eigenvalue weighted by atomic mass is 10.2. The van der Waals surface area contributed by atoms with Crippen LogP contribution in [-0.4, -0.2) is 44.8 Å². The van der Waals surface area contributed by atoms with E-state index in [1.807, 2.05) is 49.3 Å². The molecular formula is C17H21Cl2FN2O2S. The minimum absolute atomic E-state index is 0. The van der Waals surface area contributed by atoms with Gasteiger partial charge in [-0.3, -0.25) is 0 Å². The van der Waals surface area contributed by atoms with Crippen LogP contribution in [0.3, 0.4) is 0 Å². The number of halogens is 3. The first-order valence-corrected chi connectivity index (χ1v) is 9.26. The Morgan fingerprint density at radius 3 is 2.24 bits per heavy atom. The van der Waals surface area contributed by atoms with Gasteiger partial charge in [0.25, 0.3) is 0 Å². The van der Waals surface area contributed by atoms with Crippen molar-refractivity contribution in [1.29, 1.82) is 0 Å². The van der Waals surface area contributed by atoms with E-state index in [0.29, 0.717) is 6.54 Å². The van der Waals surface area contributed by atoms with Gasteiger partial charge in [-0.25, -0.2) is 12.8 Å². The zero-order valence-electron chi connectivity index (χ0n) is 14.0. The Morgan fingerprint density at radius 2 is 1.68 bits per heavy atom. The van der Waals surface area contributed by atoms with Crippen LogP contribution < -0.4 is 0 Å². The molecular weight excluding hydrogens is 386 g/mol. The molecule has 0 fully saturated rings. The summed E-state index contributed by atoms with van der Waals surface area (Å²) in [5.41, 5.74) is 0.842. The lowest BCUT2D eigenvalue weighted by molar-refractivity contribution is 0.328. The molecule has 2 aromatic carbocycles. The highest BCUT2D eigenvalue weighted by molar-refractivity contribution is 7.89. The normalized spacial score (nSPS) is 11.6. The van der Waals surface area contributed by atoms with Gasteiger partial charge in [-0.05, 0) is 37.9 Å². The van der Waals surface area contributed by atoms with E-state index in [9.17, 15) is 12.8 Å². The third-order valence-electron chi connectivity index (χ3n) is 3.51. The molecule has 0 unspecified atom stereocenters. The molecule has 0 N–H and O–H groups in total. The van der Waals surface area contributed by atoms with E-state index in [2.05, 4.69) is 0 Å². The molecule has 0 aliphatic carbocycles. The average molecular weight is 407 g/mol. The minimum atomic E-state index is -3.97. The number of sulfonamides is 1. The van der Waals surface area contributed by atoms with Gasteiger partial charge in [-0.2, -0.15) is 4.31 Å². The fraction of sp³-hybridized carbons (Fsp3) is 0.294. The van der Waals surface area contributed by atoms with Gasteiger partial charge >= 0.3 is 0 Å². The predicted octanol–water partition coefficient (Wildman–Crippen LogP) is 3.65. The number of benzene rings is 2. The molecule has 0 radical (unpaired) electrons. The van der Waals surface area contributed by atoms with Crippen molar-refractivity contribution in [3.8, 4) is 0 Å². The van der Waals surface area contributed by atoms with Gasteiger partial charge in [0.2, 0.25) is 10.0 Å². The van der Waals surface area contributed by atoms with Gasteiger partial charge < -0.3 is 4.90 Å². The van der Waals surface area contributed by atoms with Gasteiger partial charge in [0.05, 0.1) is 0 Å². The molecule has 0 amide bonds. The highest BCUT2D eigenvalue weighted by atomic mass is 35.5. The fourth-order valence-electron chi connectivity index (χ4n) is 2.21. The Hall–Kier alpha value is -1.18. The van der Waals surface area contributed by atoms with Crippen LogP contribution in [0.15, 0.2) is 53.4 Å². The highest BCUT2D eigenvalue weighted by Crippen LogP contribution is 2.23. The van der Waals surface area contributed by atoms with Crippen LogP contribution in [0.5, 0.6) is 0 Å². The summed E-state index contributed by atoms with van der Waals surface area (Å²) >= 11 is 5.72. The maximum atomic E-state index is 14.1. The number of hydrogen-bond acceptors (Lipinski definition) is 3. The molecule has 0 bridgehead atoms. The predicted molar refractivity (Wildman–Crippen MR) is 101 cm³/mol. The lowest BCUT2D eigenvalue weighted by Gasteiger charge is -2.24. The SMILES string of the molecule is CN(C)CCN(Cc1ccccc1)S(=O)(=O)c1ccc(Cl)cc1F.Cl. The van der Waals surface area contributed by atoms with E-state index in [-0.39, 0.29) is 35.4 Å². The lowest BCUT2D eigenvalue weighted by Crippen LogP contribution is -2.36. The van der Waals surface area contributed by atoms with E-state index in [4.69, 9.17) is 11.6 Å². The Kier molecular flexibility index (Phi) is 8.31. The number of hydrogen-bond donors (Lipinski definition) is 0. The summed E-state index contributed by atoms with van der Waals surface area (Å²) < 4.78 is 41.2. The molecule has 2 aromatic rings. The van der Waals surface area contributed by atoms with Crippen LogP contribution >= 0.6 is 24.0 Å². The van der Waals surface area contributed by atoms with E-state index in [1.54, 1.807) is 0 Å². The summed E-state index contributed by atoms with van der Waals surface area (Å²) in [4.78, 5) is 1.52. The molecule has 0 heterocycles. The molecule has 8 heteroatoms. The van der Waals surface area contributed by atoms with Crippen LogP contribution in [-0.2, 0) is 16.6 Å². The summed E-state index contributed by atoms with van der Waals surface area (Å²) in [6.07, 6.45) is 0. The van der Waals surface area contributed by atoms with E-state index < -0.39 is 15.8 Å². The van der Waals surface area contributed by atoms with Crippen molar-refractivity contribution in [1.82, 2.24) is 9.21 Å². The largest absolute Gasteiger partial charge is 0.308 e. The molecule has 25 heavy (non-hydrogen) atoms. The van der Waals surface area contributed by atoms with Crippen molar-refractivity contribution in [3.05, 3.63) is 64.9 Å². The van der Waals surface area contributed by atoms with Crippen molar-refractivity contribution in [2.24, 2.45) is 0 Å². The fourth-order valence-corrected chi connectivity index (χ4v) is 3.83. The molecule has 138 valence electrons. The summed E-state index contributed by atoms with van der Waals surface area (Å²) in [5, 5.41) is 0.161. The molecule has 0 saturated carbocycles. The summed E-state index contributed by atoms with van der Waals surface area (Å²) in [5.74, 6) is -0.842. The molecule has 0 atom stereocenters. The summed E-state index contributed by atoms with van der Waals surface area (Å²) in [7, 11) is -0.255. The topological polar surface area (TPSA) is 40.6 Å². The van der Waals surface area contributed by atoms with Crippen LogP contribution in [0, 0.1) is 5.82 Å². The third kappa shape index (κ3) is 5.94. The second kappa shape index (κ2) is 9.50. The Labute approximate surface area is 159 Å². The molecule has 0 aliphatic heterocycles. The third-order valence-corrected chi connectivity index (χ3v) is 5.62. The Morgan fingerprint density at radius 1 is 1.04 bits per heavy atom. The number of likely N-dealkylation sites (N-methyl/N-ethyl adjacent to an activating group) is 1. The highest BCUT2D eigenvalue weighted by Gasteiger charge is 2.27. The van der Waals surface area contributed by atoms with Crippen LogP contribution in [0.25, 0.3) is 0 Å². The maximum Gasteiger partial charge on any atom is 0.246 e. The van der Waals surface area contributed by atoms with Gasteiger partial charge in [0.15, 0.2) is 0 Å². The van der Waals surface area contributed by atoms with Crippen LogP contribution in [0.2, 0.25) is 5.02 Å². The Bertz CT molecular complexity index is 786. The van der Waals surface area contributed by atoms with Crippen molar-refractivity contribution >= 4 is 34.0 Å². The van der Waals surface area contributed by atoms with Crippen molar-refractivity contribution in [2.45, 2.75) is 11.4 Å². The van der Waals surface area contributed by atoms with E-state index >= 15 is 0 Å². The number of rotatable bonds is 7. The zero-order valence-corrected chi connectivity index (χ0v) is 16.4. The minimum Gasteiger partial charge on any atom is -0.308 e. The van der Waals surface area contributed by atoms with Crippen molar-refractivity contribution in [2.75, 3.05) is 27.2 Å². The van der Waals surface area contributed by atoms with E-state index in [0.717, 1.165) is 11.6 Å². The maximum absolute atomic E-state index is 14.1. The average Bonchev–Trinajstić information content (AvgIpc) is 2.51. The Balaban J connectivity index is 0.00000312. The molecule has 0 spiro atoms. The first-order valence-electron chi connectivity index (χ1n) is 7.44. The summed E-state index contributed by atoms with van der Waals surface area (Å²) in [6.45, 7) is 0.965. The molecule has 4 nitrogen and oxygen atoms in total. The van der Waals surface area contributed by atoms with Gasteiger partial charge in [-0.15, -0.1) is 12.4 Å². The molecule has 0 saturated heterocycles. The summed E-state index contributed by atoms with van der Waals surface area (Å²) in [6, 6.07) is 12.8. The molecule has 2 rings (SSSR count). The monoisotopic (exact) mass is 406 g/mol. The van der Waals surface area contributed by atoms with E-state index in [1.165, 1.54) is 16.4 Å². The van der Waals surface area contributed by atoms with Gasteiger partial charge in [-0.1, -0.05) is 41.9 Å². The first-order chi connectivity index (χ1) is 11.3. The standard InChI is InChI=1S/C17H20ClFN2O2S.ClH/c1-20(2)10-11-21(13-14-6-4-3-5-7-14)24(22,23)17-9-8-15(18)12-16(17)19;/h3-9,12H,10-11,13H2,1-2H3;1H. The second-order valence-corrected chi connectivity index (χ2v) is 8.05. The second-order valence-electron chi connectivity index (χ2n) is 5.70. The van der Waals surface area contributed by atoms with Crippen molar-refractivity contribution in [3.63, 3.8) is 0 Å². The zero-order chi connectivity index (χ0) is 17.7. The smallest absolute Gasteiger partial charge is 0.246 e. The van der Waals surface area contributed by atoms with Crippen LogP contribution in [0.4, 0.5) is 4.39 Å².